The smallest absolute Gasteiger partial charge is 0.261 e. The molecule has 0 radical (unpaired) electrons. The van der Waals surface area contributed by atoms with E-state index in [4.69, 9.17) is 4.74 Å². The lowest BCUT2D eigenvalue weighted by Gasteiger charge is -2.41. The van der Waals surface area contributed by atoms with Crippen LogP contribution in [0.4, 0.5) is 0 Å². The van der Waals surface area contributed by atoms with E-state index >= 15 is 0 Å². The first kappa shape index (κ1) is 19.1. The maximum atomic E-state index is 13.1. The third-order valence-electron chi connectivity index (χ3n) is 5.96. The maximum Gasteiger partial charge on any atom is 0.261 e. The number of amides is 3. The van der Waals surface area contributed by atoms with Crippen LogP contribution in [0.2, 0.25) is 0 Å². The Hall–Kier alpha value is -2.21. The van der Waals surface area contributed by atoms with Crippen LogP contribution in [-0.2, 0) is 4.74 Å². The number of benzene rings is 1. The molecule has 1 atom stereocenters. The van der Waals surface area contributed by atoms with Crippen molar-refractivity contribution in [1.82, 2.24) is 9.80 Å². The molecule has 1 aromatic rings. The fraction of sp³-hybridized carbons (Fsp3) is 0.591. The SMILES string of the molecule is CC1CN(C(=O)c2ccc3c(c2)C(=O)N(C2CCCCC2)C3=O)CC(C)(C)O1. The van der Waals surface area contributed by atoms with Gasteiger partial charge in [0.15, 0.2) is 0 Å². The van der Waals surface area contributed by atoms with Crippen LogP contribution in [0.15, 0.2) is 18.2 Å². The van der Waals surface area contributed by atoms with Crippen molar-refractivity contribution in [3.05, 3.63) is 34.9 Å². The van der Waals surface area contributed by atoms with E-state index < -0.39 is 5.60 Å². The Balaban J connectivity index is 1.58. The number of hydrogen-bond donors (Lipinski definition) is 0. The number of nitrogens with zero attached hydrogens (tertiary/aromatic N) is 2. The van der Waals surface area contributed by atoms with Crippen molar-refractivity contribution in [3.63, 3.8) is 0 Å². The fourth-order valence-electron chi connectivity index (χ4n) is 4.85. The average molecular weight is 384 g/mol. The molecule has 6 nitrogen and oxygen atoms in total. The maximum absolute atomic E-state index is 13.1. The highest BCUT2D eigenvalue weighted by Gasteiger charge is 2.41. The van der Waals surface area contributed by atoms with E-state index in [1.165, 1.54) is 4.90 Å². The third-order valence-corrected chi connectivity index (χ3v) is 5.96. The van der Waals surface area contributed by atoms with Gasteiger partial charge in [0, 0.05) is 24.7 Å². The summed E-state index contributed by atoms with van der Waals surface area (Å²) in [4.78, 5) is 42.1. The number of rotatable bonds is 2. The first-order valence-electron chi connectivity index (χ1n) is 10.3. The largest absolute Gasteiger partial charge is 0.369 e. The van der Waals surface area contributed by atoms with E-state index in [1.54, 1.807) is 23.1 Å². The summed E-state index contributed by atoms with van der Waals surface area (Å²) in [5.41, 5.74) is 0.827. The van der Waals surface area contributed by atoms with Crippen LogP contribution in [0, 0.1) is 0 Å². The molecule has 3 aliphatic rings. The van der Waals surface area contributed by atoms with E-state index in [-0.39, 0.29) is 29.9 Å². The molecule has 0 aromatic heterocycles. The molecule has 4 rings (SSSR count). The fourth-order valence-corrected chi connectivity index (χ4v) is 4.85. The van der Waals surface area contributed by atoms with Gasteiger partial charge >= 0.3 is 0 Å². The van der Waals surface area contributed by atoms with Crippen molar-refractivity contribution in [2.45, 2.75) is 70.6 Å². The molecular formula is C22H28N2O4. The molecular weight excluding hydrogens is 356 g/mol. The predicted molar refractivity (Wildman–Crippen MR) is 104 cm³/mol. The monoisotopic (exact) mass is 384 g/mol. The second-order valence-corrected chi connectivity index (χ2v) is 8.91. The number of ether oxygens (including phenoxy) is 1. The van der Waals surface area contributed by atoms with Gasteiger partial charge in [-0.3, -0.25) is 19.3 Å². The van der Waals surface area contributed by atoms with Gasteiger partial charge in [-0.05, 0) is 51.8 Å². The Morgan fingerprint density at radius 1 is 1.07 bits per heavy atom. The standard InChI is InChI=1S/C22H28N2O4/c1-14-12-23(13-22(2,3)28-14)19(25)15-9-10-17-18(11-15)21(27)24(20(17)26)16-7-5-4-6-8-16/h9-11,14,16H,4-8,12-13H2,1-3H3. The van der Waals surface area contributed by atoms with Gasteiger partial charge in [0.25, 0.3) is 17.7 Å². The van der Waals surface area contributed by atoms with Gasteiger partial charge in [-0.2, -0.15) is 0 Å². The van der Waals surface area contributed by atoms with Crippen LogP contribution >= 0.6 is 0 Å². The molecule has 2 aliphatic heterocycles. The van der Waals surface area contributed by atoms with E-state index in [0.717, 1.165) is 32.1 Å². The lowest BCUT2D eigenvalue weighted by Crippen LogP contribution is -2.53. The van der Waals surface area contributed by atoms with E-state index in [2.05, 4.69) is 0 Å². The third kappa shape index (κ3) is 3.34. The molecule has 0 bridgehead atoms. The predicted octanol–water partition coefficient (Wildman–Crippen LogP) is 3.25. The minimum absolute atomic E-state index is 0.0128. The first-order chi connectivity index (χ1) is 13.3. The number of carbonyl (C=O) groups is 3. The summed E-state index contributed by atoms with van der Waals surface area (Å²) in [6.07, 6.45) is 4.95. The molecule has 1 saturated heterocycles. The van der Waals surface area contributed by atoms with Crippen LogP contribution in [-0.4, -0.2) is 58.4 Å². The second-order valence-electron chi connectivity index (χ2n) is 8.91. The molecule has 28 heavy (non-hydrogen) atoms. The van der Waals surface area contributed by atoms with Crippen LogP contribution in [0.5, 0.6) is 0 Å². The van der Waals surface area contributed by atoms with Gasteiger partial charge in [-0.1, -0.05) is 19.3 Å². The number of imide groups is 1. The lowest BCUT2D eigenvalue weighted by molar-refractivity contribution is -0.118. The molecule has 150 valence electrons. The van der Waals surface area contributed by atoms with Crippen LogP contribution in [0.1, 0.15) is 83.9 Å². The molecule has 6 heteroatoms. The summed E-state index contributed by atoms with van der Waals surface area (Å²) in [5, 5.41) is 0. The normalized spacial score (nSPS) is 25.2. The summed E-state index contributed by atoms with van der Waals surface area (Å²) in [7, 11) is 0. The average Bonchev–Trinajstić information content (AvgIpc) is 2.90. The zero-order chi connectivity index (χ0) is 20.1. The van der Waals surface area contributed by atoms with E-state index in [9.17, 15) is 14.4 Å². The molecule has 3 amide bonds. The molecule has 2 heterocycles. The summed E-state index contributed by atoms with van der Waals surface area (Å²) in [6.45, 7) is 6.90. The van der Waals surface area contributed by atoms with Crippen LogP contribution < -0.4 is 0 Å². The molecule has 1 aromatic carbocycles. The quantitative estimate of drug-likeness (QED) is 0.734. The van der Waals surface area contributed by atoms with Gasteiger partial charge in [0.05, 0.1) is 22.8 Å². The second kappa shape index (κ2) is 6.99. The van der Waals surface area contributed by atoms with Crippen LogP contribution in [0.3, 0.4) is 0 Å². The summed E-state index contributed by atoms with van der Waals surface area (Å²) >= 11 is 0. The van der Waals surface area contributed by atoms with Gasteiger partial charge in [0.2, 0.25) is 0 Å². The van der Waals surface area contributed by atoms with Crippen molar-refractivity contribution in [1.29, 1.82) is 0 Å². The van der Waals surface area contributed by atoms with Crippen molar-refractivity contribution in [2.75, 3.05) is 13.1 Å². The van der Waals surface area contributed by atoms with Crippen molar-refractivity contribution in [3.8, 4) is 0 Å². The van der Waals surface area contributed by atoms with Crippen molar-refractivity contribution in [2.24, 2.45) is 0 Å². The van der Waals surface area contributed by atoms with Crippen molar-refractivity contribution >= 4 is 17.7 Å². The number of fused-ring (bicyclic) bond motifs is 1. The van der Waals surface area contributed by atoms with Gasteiger partial charge in [-0.15, -0.1) is 0 Å². The zero-order valence-corrected chi connectivity index (χ0v) is 16.9. The Morgan fingerprint density at radius 2 is 1.75 bits per heavy atom. The molecule has 0 N–H and O–H groups in total. The minimum Gasteiger partial charge on any atom is -0.369 e. The summed E-state index contributed by atoms with van der Waals surface area (Å²) in [5.74, 6) is -0.591. The molecule has 1 unspecified atom stereocenters. The summed E-state index contributed by atoms with van der Waals surface area (Å²) in [6, 6.07) is 4.90. The highest BCUT2D eigenvalue weighted by atomic mass is 16.5. The summed E-state index contributed by atoms with van der Waals surface area (Å²) < 4.78 is 5.88. The highest BCUT2D eigenvalue weighted by Crippen LogP contribution is 2.32. The minimum atomic E-state index is -0.409. The highest BCUT2D eigenvalue weighted by molar-refractivity contribution is 6.22. The van der Waals surface area contributed by atoms with Gasteiger partial charge in [0.1, 0.15) is 0 Å². The number of hydrogen-bond acceptors (Lipinski definition) is 4. The van der Waals surface area contributed by atoms with Crippen molar-refractivity contribution < 1.29 is 19.1 Å². The lowest BCUT2D eigenvalue weighted by atomic mass is 9.94. The molecule has 1 aliphatic carbocycles. The number of morpholine rings is 1. The van der Waals surface area contributed by atoms with Crippen LogP contribution in [0.25, 0.3) is 0 Å². The first-order valence-corrected chi connectivity index (χ1v) is 10.3. The van der Waals surface area contributed by atoms with E-state index in [1.807, 2.05) is 20.8 Å². The van der Waals surface area contributed by atoms with Gasteiger partial charge < -0.3 is 9.64 Å². The Labute approximate surface area is 165 Å². The molecule has 1 saturated carbocycles. The molecule has 0 spiro atoms. The topological polar surface area (TPSA) is 66.9 Å². The van der Waals surface area contributed by atoms with E-state index in [0.29, 0.717) is 29.8 Å². The van der Waals surface area contributed by atoms with Gasteiger partial charge in [-0.25, -0.2) is 0 Å². The molecule has 2 fully saturated rings. The zero-order valence-electron chi connectivity index (χ0n) is 16.9. The Morgan fingerprint density at radius 3 is 2.43 bits per heavy atom. The Kier molecular flexibility index (Phi) is 4.78. The Bertz CT molecular complexity index is 826. The number of carbonyl (C=O) groups excluding carboxylic acids is 3.